The Morgan fingerprint density at radius 2 is 2.04 bits per heavy atom. The van der Waals surface area contributed by atoms with E-state index < -0.39 is 0 Å². The fraction of sp³-hybridized carbons (Fsp3) is 0.526. The van der Waals surface area contributed by atoms with E-state index in [1.807, 2.05) is 37.3 Å². The van der Waals surface area contributed by atoms with Crippen molar-refractivity contribution in [2.24, 2.45) is 4.99 Å². The topological polar surface area (TPSA) is 84.6 Å². The van der Waals surface area contributed by atoms with Gasteiger partial charge in [0.2, 0.25) is 5.89 Å². The van der Waals surface area contributed by atoms with Crippen LogP contribution in [-0.2, 0) is 6.42 Å². The summed E-state index contributed by atoms with van der Waals surface area (Å²) >= 11 is 0. The summed E-state index contributed by atoms with van der Waals surface area (Å²) in [7, 11) is 0. The Hall–Kier alpha value is -2.57. The van der Waals surface area contributed by atoms with E-state index in [1.165, 1.54) is 0 Å². The molecule has 26 heavy (non-hydrogen) atoms. The highest BCUT2D eigenvalue weighted by Crippen LogP contribution is 2.10. The summed E-state index contributed by atoms with van der Waals surface area (Å²) in [6.45, 7) is 8.91. The second-order valence-electron chi connectivity index (χ2n) is 6.15. The molecule has 0 unspecified atom stereocenters. The average molecular weight is 359 g/mol. The highest BCUT2D eigenvalue weighted by atomic mass is 16.5. The van der Waals surface area contributed by atoms with Gasteiger partial charge in [-0.05, 0) is 25.5 Å². The van der Waals surface area contributed by atoms with Gasteiger partial charge in [-0.3, -0.25) is 4.99 Å². The Kier molecular flexibility index (Phi) is 8.45. The molecule has 7 nitrogen and oxygen atoms in total. The van der Waals surface area contributed by atoms with Gasteiger partial charge >= 0.3 is 0 Å². The van der Waals surface area contributed by atoms with E-state index in [9.17, 15) is 0 Å². The van der Waals surface area contributed by atoms with Gasteiger partial charge < -0.3 is 19.9 Å². The van der Waals surface area contributed by atoms with Crippen LogP contribution in [0.1, 0.15) is 44.8 Å². The second kappa shape index (κ2) is 11.1. The first kappa shape index (κ1) is 19.8. The number of aromatic nitrogens is 2. The first-order valence-corrected chi connectivity index (χ1v) is 9.21. The van der Waals surface area contributed by atoms with Crippen molar-refractivity contribution in [1.82, 2.24) is 20.8 Å². The van der Waals surface area contributed by atoms with E-state index >= 15 is 0 Å². The third-order valence-electron chi connectivity index (χ3n) is 3.57. The largest absolute Gasteiger partial charge is 0.492 e. The molecule has 7 heteroatoms. The molecule has 0 bridgehead atoms. The van der Waals surface area contributed by atoms with E-state index in [4.69, 9.17) is 9.26 Å². The first-order valence-electron chi connectivity index (χ1n) is 9.21. The van der Waals surface area contributed by atoms with Crippen LogP contribution in [0.5, 0.6) is 5.75 Å². The standard InChI is InChI=1S/C19H29N5O2/c1-4-20-19(22-13-14-25-16-9-6-5-7-10-16)21-12-8-11-17-23-18(15(2)3)24-26-17/h5-7,9-10,15H,4,8,11-14H2,1-3H3,(H2,20,21,22). The maximum Gasteiger partial charge on any atom is 0.226 e. The normalized spacial score (nSPS) is 11.6. The van der Waals surface area contributed by atoms with Crippen molar-refractivity contribution in [1.29, 1.82) is 0 Å². The summed E-state index contributed by atoms with van der Waals surface area (Å²) in [5.74, 6) is 3.39. The third-order valence-corrected chi connectivity index (χ3v) is 3.57. The molecular formula is C19H29N5O2. The van der Waals surface area contributed by atoms with Crippen molar-refractivity contribution in [3.63, 3.8) is 0 Å². The monoisotopic (exact) mass is 359 g/mol. The van der Waals surface area contributed by atoms with Crippen molar-refractivity contribution >= 4 is 5.96 Å². The summed E-state index contributed by atoms with van der Waals surface area (Å²) in [6, 6.07) is 9.78. The lowest BCUT2D eigenvalue weighted by Gasteiger charge is -2.12. The Morgan fingerprint density at radius 1 is 1.23 bits per heavy atom. The highest BCUT2D eigenvalue weighted by Gasteiger charge is 2.08. The number of nitrogens with one attached hydrogen (secondary N) is 2. The summed E-state index contributed by atoms with van der Waals surface area (Å²) in [6.07, 6.45) is 1.59. The number of para-hydroxylation sites is 1. The maximum absolute atomic E-state index is 5.67. The van der Waals surface area contributed by atoms with Crippen molar-refractivity contribution in [3.8, 4) is 5.75 Å². The van der Waals surface area contributed by atoms with Crippen molar-refractivity contribution < 1.29 is 9.26 Å². The molecule has 2 N–H and O–H groups in total. The smallest absolute Gasteiger partial charge is 0.226 e. The van der Waals surface area contributed by atoms with Crippen molar-refractivity contribution in [2.75, 3.05) is 26.2 Å². The van der Waals surface area contributed by atoms with Gasteiger partial charge in [0.1, 0.15) is 12.4 Å². The number of rotatable bonds is 10. The highest BCUT2D eigenvalue weighted by molar-refractivity contribution is 5.79. The van der Waals surface area contributed by atoms with E-state index in [0.29, 0.717) is 25.6 Å². The van der Waals surface area contributed by atoms with Crippen molar-refractivity contribution in [3.05, 3.63) is 42.0 Å². The van der Waals surface area contributed by atoms with Crippen LogP contribution in [0.4, 0.5) is 0 Å². The zero-order valence-corrected chi connectivity index (χ0v) is 15.9. The minimum absolute atomic E-state index is 0.285. The molecule has 0 atom stereocenters. The van der Waals surface area contributed by atoms with Gasteiger partial charge in [-0.25, -0.2) is 0 Å². The lowest BCUT2D eigenvalue weighted by molar-refractivity contribution is 0.322. The third kappa shape index (κ3) is 7.13. The molecule has 0 spiro atoms. The van der Waals surface area contributed by atoms with Gasteiger partial charge in [-0.1, -0.05) is 37.2 Å². The molecule has 0 saturated carbocycles. The van der Waals surface area contributed by atoms with Crippen LogP contribution in [0.3, 0.4) is 0 Å². The zero-order chi connectivity index (χ0) is 18.6. The Bertz CT molecular complexity index is 655. The van der Waals surface area contributed by atoms with E-state index in [2.05, 4.69) is 39.6 Å². The number of ether oxygens (including phenoxy) is 1. The number of aryl methyl sites for hydroxylation is 1. The van der Waals surface area contributed by atoms with Crippen LogP contribution >= 0.6 is 0 Å². The number of hydrogen-bond acceptors (Lipinski definition) is 5. The molecular weight excluding hydrogens is 330 g/mol. The fourth-order valence-corrected chi connectivity index (χ4v) is 2.22. The van der Waals surface area contributed by atoms with Gasteiger partial charge in [0.25, 0.3) is 0 Å². The fourth-order valence-electron chi connectivity index (χ4n) is 2.22. The molecule has 142 valence electrons. The predicted octanol–water partition coefficient (Wildman–Crippen LogP) is 2.76. The molecule has 1 aromatic heterocycles. The lowest BCUT2D eigenvalue weighted by Crippen LogP contribution is -2.39. The van der Waals surface area contributed by atoms with Crippen LogP contribution in [0.15, 0.2) is 39.8 Å². The number of hydrogen-bond donors (Lipinski definition) is 2. The Labute approximate surface area is 155 Å². The SMILES string of the molecule is CCNC(=NCCCc1nc(C(C)C)no1)NCCOc1ccccc1. The average Bonchev–Trinajstić information content (AvgIpc) is 3.12. The summed E-state index contributed by atoms with van der Waals surface area (Å²) < 4.78 is 10.9. The summed E-state index contributed by atoms with van der Waals surface area (Å²) in [5, 5.41) is 10.5. The molecule has 0 aliphatic carbocycles. The van der Waals surface area contributed by atoms with Gasteiger partial charge in [-0.2, -0.15) is 4.98 Å². The lowest BCUT2D eigenvalue weighted by atomic mass is 10.2. The maximum atomic E-state index is 5.67. The molecule has 0 radical (unpaired) electrons. The summed E-state index contributed by atoms with van der Waals surface area (Å²) in [5.41, 5.74) is 0. The number of nitrogens with zero attached hydrogens (tertiary/aromatic N) is 3. The molecule has 0 amide bonds. The van der Waals surface area contributed by atoms with Crippen LogP contribution in [0.2, 0.25) is 0 Å². The Morgan fingerprint density at radius 3 is 2.73 bits per heavy atom. The van der Waals surface area contributed by atoms with Crippen LogP contribution in [0.25, 0.3) is 0 Å². The van der Waals surface area contributed by atoms with E-state index in [1.54, 1.807) is 0 Å². The molecule has 2 aromatic rings. The quantitative estimate of drug-likeness (QED) is 0.385. The second-order valence-corrected chi connectivity index (χ2v) is 6.15. The van der Waals surface area contributed by atoms with Gasteiger partial charge in [-0.15, -0.1) is 0 Å². The van der Waals surface area contributed by atoms with Gasteiger partial charge in [0.05, 0.1) is 6.54 Å². The summed E-state index contributed by atoms with van der Waals surface area (Å²) in [4.78, 5) is 8.94. The van der Waals surface area contributed by atoms with Gasteiger partial charge in [0.15, 0.2) is 11.8 Å². The molecule has 0 fully saturated rings. The number of benzene rings is 1. The van der Waals surface area contributed by atoms with Crippen LogP contribution < -0.4 is 15.4 Å². The van der Waals surface area contributed by atoms with Crippen molar-refractivity contribution in [2.45, 2.75) is 39.5 Å². The molecule has 2 rings (SSSR count). The minimum Gasteiger partial charge on any atom is -0.492 e. The van der Waals surface area contributed by atoms with Crippen LogP contribution in [0, 0.1) is 0 Å². The van der Waals surface area contributed by atoms with E-state index in [0.717, 1.165) is 36.9 Å². The molecule has 0 aliphatic rings. The van der Waals surface area contributed by atoms with Crippen LogP contribution in [-0.4, -0.2) is 42.3 Å². The zero-order valence-electron chi connectivity index (χ0n) is 15.9. The number of guanidine groups is 1. The molecule has 1 heterocycles. The van der Waals surface area contributed by atoms with E-state index in [-0.39, 0.29) is 5.92 Å². The van der Waals surface area contributed by atoms with Gasteiger partial charge in [0, 0.05) is 25.4 Å². The molecule has 1 aromatic carbocycles. The first-order chi connectivity index (χ1) is 12.7. The Balaban J connectivity index is 1.68. The molecule has 0 saturated heterocycles. The predicted molar refractivity (Wildman–Crippen MR) is 103 cm³/mol. The molecule has 0 aliphatic heterocycles. The minimum atomic E-state index is 0.285. The number of aliphatic imine (C=N–C) groups is 1.